The number of hydrogen-bond donors (Lipinski definition) is 1. The Balaban J connectivity index is 3.36. The predicted molar refractivity (Wildman–Crippen MR) is 52.8 cm³/mol. The molecule has 0 fully saturated rings. The summed E-state index contributed by atoms with van der Waals surface area (Å²) in [5.41, 5.74) is -0.0463. The molecule has 0 bridgehead atoms. The first-order valence-corrected chi connectivity index (χ1v) is 5.14. The zero-order valence-corrected chi connectivity index (χ0v) is 9.13. The maximum atomic E-state index is 12.5. The van der Waals surface area contributed by atoms with E-state index in [2.05, 4.69) is 20.9 Å². The van der Waals surface area contributed by atoms with E-state index >= 15 is 0 Å². The van der Waals surface area contributed by atoms with E-state index in [1.54, 1.807) is 6.07 Å². The van der Waals surface area contributed by atoms with Gasteiger partial charge in [-0.15, -0.1) is 0 Å². The van der Waals surface area contributed by atoms with Gasteiger partial charge in [0.25, 0.3) is 6.43 Å². The molecule has 1 N–H and O–H groups in total. The Bertz CT molecular complexity index is 404. The standard InChI is InChI=1S/C9H7BrF2N2O/c10-3-6-5(1-2-13)8(9(11)12)14-4-7(6)15/h4,9,15H,1,3H2. The van der Waals surface area contributed by atoms with E-state index in [0.29, 0.717) is 5.56 Å². The Morgan fingerprint density at radius 2 is 2.20 bits per heavy atom. The van der Waals surface area contributed by atoms with Crippen LogP contribution in [0.2, 0.25) is 0 Å². The molecule has 0 aliphatic heterocycles. The summed E-state index contributed by atoms with van der Waals surface area (Å²) in [6.07, 6.45) is -1.97. The molecule has 6 heteroatoms. The first-order chi connectivity index (χ1) is 7.11. The summed E-state index contributed by atoms with van der Waals surface area (Å²) in [6, 6.07) is 1.78. The highest BCUT2D eigenvalue weighted by Crippen LogP contribution is 2.30. The van der Waals surface area contributed by atoms with Crippen LogP contribution >= 0.6 is 15.9 Å². The normalized spacial score (nSPS) is 10.3. The van der Waals surface area contributed by atoms with Crippen LogP contribution in [0, 0.1) is 11.3 Å². The number of aromatic hydroxyl groups is 1. The lowest BCUT2D eigenvalue weighted by Crippen LogP contribution is -2.02. The van der Waals surface area contributed by atoms with Crippen molar-refractivity contribution in [2.75, 3.05) is 0 Å². The second-order valence-corrected chi connectivity index (χ2v) is 3.32. The lowest BCUT2D eigenvalue weighted by molar-refractivity contribution is 0.144. The molecule has 0 unspecified atom stereocenters. The van der Waals surface area contributed by atoms with Crippen LogP contribution in [0.25, 0.3) is 0 Å². The quantitative estimate of drug-likeness (QED) is 0.864. The number of alkyl halides is 3. The Kier molecular flexibility index (Phi) is 3.97. The zero-order valence-electron chi connectivity index (χ0n) is 7.54. The first kappa shape index (κ1) is 11.9. The molecule has 1 aromatic rings. The lowest BCUT2D eigenvalue weighted by atomic mass is 10.0. The molecule has 15 heavy (non-hydrogen) atoms. The van der Waals surface area contributed by atoms with Gasteiger partial charge in [0.1, 0.15) is 11.4 Å². The largest absolute Gasteiger partial charge is 0.506 e. The highest BCUT2D eigenvalue weighted by atomic mass is 79.9. The number of rotatable bonds is 3. The SMILES string of the molecule is N#CCc1c(C(F)F)ncc(O)c1CBr. The Morgan fingerprint density at radius 1 is 1.53 bits per heavy atom. The number of aromatic nitrogens is 1. The summed E-state index contributed by atoms with van der Waals surface area (Å²) < 4.78 is 25.1. The van der Waals surface area contributed by atoms with E-state index < -0.39 is 12.1 Å². The fourth-order valence-electron chi connectivity index (χ4n) is 1.21. The number of hydrogen-bond acceptors (Lipinski definition) is 3. The van der Waals surface area contributed by atoms with E-state index in [0.717, 1.165) is 6.20 Å². The monoisotopic (exact) mass is 276 g/mol. The van der Waals surface area contributed by atoms with Crippen LogP contribution in [0.3, 0.4) is 0 Å². The van der Waals surface area contributed by atoms with Crippen molar-refractivity contribution in [3.8, 4) is 11.8 Å². The average molecular weight is 277 g/mol. The van der Waals surface area contributed by atoms with Gasteiger partial charge >= 0.3 is 0 Å². The van der Waals surface area contributed by atoms with Crippen LogP contribution in [-0.2, 0) is 11.8 Å². The highest BCUT2D eigenvalue weighted by Gasteiger charge is 2.19. The molecule has 0 saturated heterocycles. The third-order valence-corrected chi connectivity index (χ3v) is 2.47. The average Bonchev–Trinajstić information content (AvgIpc) is 2.18. The van der Waals surface area contributed by atoms with Crippen LogP contribution in [0.5, 0.6) is 5.75 Å². The summed E-state index contributed by atoms with van der Waals surface area (Å²) in [6.45, 7) is 0. The van der Waals surface area contributed by atoms with Gasteiger partial charge in [-0.3, -0.25) is 4.98 Å². The van der Waals surface area contributed by atoms with Crippen molar-refractivity contribution in [2.45, 2.75) is 18.2 Å². The first-order valence-electron chi connectivity index (χ1n) is 4.02. The van der Waals surface area contributed by atoms with E-state index in [1.807, 2.05) is 0 Å². The molecule has 0 amide bonds. The molecule has 0 aliphatic carbocycles. The predicted octanol–water partition coefficient (Wildman–Crippen LogP) is 2.69. The van der Waals surface area contributed by atoms with E-state index in [4.69, 9.17) is 5.26 Å². The van der Waals surface area contributed by atoms with Gasteiger partial charge in [-0.2, -0.15) is 5.26 Å². The van der Waals surface area contributed by atoms with E-state index in [1.165, 1.54) is 0 Å². The molecule has 0 spiro atoms. The minimum Gasteiger partial charge on any atom is -0.506 e. The molecular weight excluding hydrogens is 270 g/mol. The molecule has 1 heterocycles. The number of nitriles is 1. The van der Waals surface area contributed by atoms with Crippen molar-refractivity contribution >= 4 is 15.9 Å². The Labute approximate surface area is 93.5 Å². The summed E-state index contributed by atoms with van der Waals surface area (Å²) in [5.74, 6) is -0.179. The van der Waals surface area contributed by atoms with Gasteiger partial charge < -0.3 is 5.11 Å². The molecule has 80 valence electrons. The topological polar surface area (TPSA) is 56.9 Å². The van der Waals surface area contributed by atoms with Gasteiger partial charge in [0, 0.05) is 16.5 Å². The van der Waals surface area contributed by atoms with Gasteiger partial charge in [0.2, 0.25) is 0 Å². The van der Waals surface area contributed by atoms with Crippen LogP contribution in [0.4, 0.5) is 8.78 Å². The highest BCUT2D eigenvalue weighted by molar-refractivity contribution is 9.08. The molecular formula is C9H7BrF2N2O. The Hall–Kier alpha value is -1.22. The zero-order chi connectivity index (χ0) is 11.4. The molecule has 1 rings (SSSR count). The van der Waals surface area contributed by atoms with Crippen molar-refractivity contribution in [1.29, 1.82) is 5.26 Å². The van der Waals surface area contributed by atoms with Gasteiger partial charge in [0.05, 0.1) is 18.7 Å². The molecule has 0 atom stereocenters. The minimum absolute atomic E-state index is 0.101. The van der Waals surface area contributed by atoms with Crippen molar-refractivity contribution in [1.82, 2.24) is 4.98 Å². The van der Waals surface area contributed by atoms with E-state index in [-0.39, 0.29) is 23.1 Å². The van der Waals surface area contributed by atoms with Crippen molar-refractivity contribution in [3.63, 3.8) is 0 Å². The minimum atomic E-state index is -2.74. The number of halogens is 3. The lowest BCUT2D eigenvalue weighted by Gasteiger charge is -2.10. The van der Waals surface area contributed by atoms with Gasteiger partial charge in [0.15, 0.2) is 0 Å². The fraction of sp³-hybridized carbons (Fsp3) is 0.333. The van der Waals surface area contributed by atoms with Crippen molar-refractivity contribution < 1.29 is 13.9 Å². The van der Waals surface area contributed by atoms with Crippen molar-refractivity contribution in [3.05, 3.63) is 23.0 Å². The maximum Gasteiger partial charge on any atom is 0.280 e. The molecule has 3 nitrogen and oxygen atoms in total. The summed E-state index contributed by atoms with van der Waals surface area (Å²) >= 11 is 3.07. The van der Waals surface area contributed by atoms with Gasteiger partial charge in [-0.1, -0.05) is 15.9 Å². The van der Waals surface area contributed by atoms with Crippen molar-refractivity contribution in [2.24, 2.45) is 0 Å². The fourth-order valence-corrected chi connectivity index (χ4v) is 1.83. The molecule has 1 aromatic heterocycles. The third-order valence-electron chi connectivity index (χ3n) is 1.90. The molecule has 0 aromatic carbocycles. The summed E-state index contributed by atoms with van der Waals surface area (Å²) in [4.78, 5) is 3.43. The number of nitrogens with zero attached hydrogens (tertiary/aromatic N) is 2. The summed E-state index contributed by atoms with van der Waals surface area (Å²) in [5, 5.41) is 18.1. The smallest absolute Gasteiger partial charge is 0.280 e. The van der Waals surface area contributed by atoms with E-state index in [9.17, 15) is 13.9 Å². The van der Waals surface area contributed by atoms with Gasteiger partial charge in [-0.05, 0) is 0 Å². The third kappa shape index (κ3) is 2.42. The molecule has 0 radical (unpaired) electrons. The second-order valence-electron chi connectivity index (χ2n) is 2.76. The second kappa shape index (κ2) is 5.03. The van der Waals surface area contributed by atoms with Crippen LogP contribution < -0.4 is 0 Å². The van der Waals surface area contributed by atoms with Gasteiger partial charge in [-0.25, -0.2) is 8.78 Å². The van der Waals surface area contributed by atoms with Crippen LogP contribution in [-0.4, -0.2) is 10.1 Å². The van der Waals surface area contributed by atoms with Crippen LogP contribution in [0.1, 0.15) is 23.2 Å². The molecule has 0 aliphatic rings. The summed E-state index contributed by atoms with van der Waals surface area (Å²) in [7, 11) is 0. The number of pyridine rings is 1. The maximum absolute atomic E-state index is 12.5. The molecule has 0 saturated carbocycles. The Morgan fingerprint density at radius 3 is 2.67 bits per heavy atom. The van der Waals surface area contributed by atoms with Crippen LogP contribution in [0.15, 0.2) is 6.20 Å².